The Morgan fingerprint density at radius 2 is 1.40 bits per heavy atom. The number of aliphatic hydroxyl groups excluding tert-OH is 1. The Labute approximate surface area is 231 Å². The maximum Gasteiger partial charge on any atom is 0.407 e. The zero-order valence-corrected chi connectivity index (χ0v) is 21.9. The summed E-state index contributed by atoms with van der Waals surface area (Å²) in [4.78, 5) is 49.4. The van der Waals surface area contributed by atoms with E-state index in [1.807, 2.05) is 54.6 Å². The number of hydrogen-bond donors (Lipinski definition) is 5. The van der Waals surface area contributed by atoms with Gasteiger partial charge < -0.3 is 30.9 Å². The van der Waals surface area contributed by atoms with Gasteiger partial charge in [0.1, 0.15) is 25.2 Å². The molecule has 4 rings (SSSR count). The number of benzene rings is 3. The molecule has 40 heavy (non-hydrogen) atoms. The number of rotatable bonds is 11. The molecule has 1 aliphatic carbocycles. The number of alkyl carbamates (subject to hydrolysis) is 1. The molecule has 0 heterocycles. The Bertz CT molecular complexity index is 1330. The van der Waals surface area contributed by atoms with Gasteiger partial charge in [0.2, 0.25) is 11.8 Å². The third-order valence-electron chi connectivity index (χ3n) is 6.71. The number of amides is 3. The van der Waals surface area contributed by atoms with Crippen molar-refractivity contribution >= 4 is 23.9 Å². The second-order valence-electron chi connectivity index (χ2n) is 9.55. The summed E-state index contributed by atoms with van der Waals surface area (Å²) in [5.41, 5.74) is 4.99. The van der Waals surface area contributed by atoms with Gasteiger partial charge in [0.25, 0.3) is 0 Å². The van der Waals surface area contributed by atoms with E-state index in [0.29, 0.717) is 0 Å². The zero-order chi connectivity index (χ0) is 28.6. The smallest absolute Gasteiger partial charge is 0.407 e. The Hall–Kier alpha value is -4.70. The number of hydrogen-bond acceptors (Lipinski definition) is 6. The molecular weight excluding hydrogens is 514 g/mol. The van der Waals surface area contributed by atoms with Gasteiger partial charge in [-0.05, 0) is 34.7 Å². The van der Waals surface area contributed by atoms with Crippen molar-refractivity contribution in [2.24, 2.45) is 0 Å². The van der Waals surface area contributed by atoms with Crippen LogP contribution in [0.1, 0.15) is 29.5 Å². The van der Waals surface area contributed by atoms with Gasteiger partial charge in [0.15, 0.2) is 0 Å². The minimum Gasteiger partial charge on any atom is -0.480 e. The third kappa shape index (κ3) is 6.83. The van der Waals surface area contributed by atoms with E-state index in [1.54, 1.807) is 24.3 Å². The fourth-order valence-corrected chi connectivity index (χ4v) is 4.77. The van der Waals surface area contributed by atoms with Crippen LogP contribution in [0.4, 0.5) is 4.79 Å². The van der Waals surface area contributed by atoms with Gasteiger partial charge in [-0.15, -0.1) is 0 Å². The maximum atomic E-state index is 13.2. The van der Waals surface area contributed by atoms with Crippen LogP contribution in [0, 0.1) is 0 Å². The molecule has 0 fully saturated rings. The number of carboxylic acid groups (broad SMARTS) is 1. The van der Waals surface area contributed by atoms with Crippen LogP contribution in [0.5, 0.6) is 0 Å². The Morgan fingerprint density at radius 3 is 1.98 bits per heavy atom. The van der Waals surface area contributed by atoms with Crippen molar-refractivity contribution in [3.8, 4) is 11.1 Å². The lowest BCUT2D eigenvalue weighted by atomic mass is 9.98. The quantitative estimate of drug-likeness (QED) is 0.248. The van der Waals surface area contributed by atoms with Gasteiger partial charge in [-0.2, -0.15) is 0 Å². The second kappa shape index (κ2) is 12.9. The predicted molar refractivity (Wildman–Crippen MR) is 146 cm³/mol. The van der Waals surface area contributed by atoms with Gasteiger partial charge in [-0.1, -0.05) is 78.9 Å². The van der Waals surface area contributed by atoms with E-state index in [-0.39, 0.29) is 18.9 Å². The Balaban J connectivity index is 1.46. The average molecular weight is 546 g/mol. The minimum atomic E-state index is -1.44. The summed E-state index contributed by atoms with van der Waals surface area (Å²) in [5, 5.41) is 26.1. The molecule has 0 radical (unpaired) electrons. The van der Waals surface area contributed by atoms with Crippen molar-refractivity contribution in [3.05, 3.63) is 95.6 Å². The molecule has 0 spiro atoms. The summed E-state index contributed by atoms with van der Waals surface area (Å²) in [6.45, 7) is 0.660. The molecule has 0 unspecified atom stereocenters. The fraction of sp³-hybridized carbons (Fsp3) is 0.267. The van der Waals surface area contributed by atoms with E-state index in [0.717, 1.165) is 27.8 Å². The first-order chi connectivity index (χ1) is 19.2. The molecule has 0 aromatic heterocycles. The molecule has 3 aromatic rings. The Morgan fingerprint density at radius 1 is 0.825 bits per heavy atom. The molecule has 3 amide bonds. The number of carboxylic acids is 1. The number of nitrogens with one attached hydrogen (secondary N) is 3. The third-order valence-corrected chi connectivity index (χ3v) is 6.71. The first-order valence-electron chi connectivity index (χ1n) is 12.9. The van der Waals surface area contributed by atoms with Crippen LogP contribution in [0.3, 0.4) is 0 Å². The molecule has 0 bridgehead atoms. The van der Waals surface area contributed by atoms with E-state index in [2.05, 4.69) is 16.0 Å². The lowest BCUT2D eigenvalue weighted by molar-refractivity contribution is -0.139. The summed E-state index contributed by atoms with van der Waals surface area (Å²) >= 11 is 0. The largest absolute Gasteiger partial charge is 0.480 e. The highest BCUT2D eigenvalue weighted by molar-refractivity contribution is 5.92. The molecule has 0 saturated carbocycles. The van der Waals surface area contributed by atoms with E-state index < -0.39 is 48.6 Å². The number of aliphatic carboxylic acids is 1. The van der Waals surface area contributed by atoms with Gasteiger partial charge in [-0.25, -0.2) is 4.79 Å². The predicted octanol–water partition coefficient (Wildman–Crippen LogP) is 2.20. The minimum absolute atomic E-state index is 0.0490. The maximum absolute atomic E-state index is 13.2. The molecule has 1 aliphatic rings. The topological polar surface area (TPSA) is 154 Å². The number of carbonyl (C=O) groups is 4. The van der Waals surface area contributed by atoms with Crippen LogP contribution in [-0.2, 0) is 25.5 Å². The monoisotopic (exact) mass is 545 g/mol. The second-order valence-corrected chi connectivity index (χ2v) is 9.55. The lowest BCUT2D eigenvalue weighted by Crippen LogP contribution is -2.58. The zero-order valence-electron chi connectivity index (χ0n) is 21.9. The van der Waals surface area contributed by atoms with Gasteiger partial charge in [-0.3, -0.25) is 14.4 Å². The van der Waals surface area contributed by atoms with Crippen LogP contribution in [0.2, 0.25) is 0 Å². The average Bonchev–Trinajstić information content (AvgIpc) is 3.27. The molecule has 3 atom stereocenters. The first-order valence-corrected chi connectivity index (χ1v) is 12.9. The van der Waals surface area contributed by atoms with Gasteiger partial charge in [0.05, 0.1) is 6.10 Å². The van der Waals surface area contributed by atoms with Crippen LogP contribution < -0.4 is 16.0 Å². The Kier molecular flexibility index (Phi) is 9.13. The molecule has 0 aliphatic heterocycles. The van der Waals surface area contributed by atoms with E-state index in [9.17, 15) is 24.3 Å². The van der Waals surface area contributed by atoms with Crippen molar-refractivity contribution in [2.75, 3.05) is 13.2 Å². The van der Waals surface area contributed by atoms with Gasteiger partial charge >= 0.3 is 12.1 Å². The van der Waals surface area contributed by atoms with Crippen molar-refractivity contribution in [3.63, 3.8) is 0 Å². The molecule has 3 aromatic carbocycles. The van der Waals surface area contributed by atoms with Crippen molar-refractivity contribution < 1.29 is 34.1 Å². The summed E-state index contributed by atoms with van der Waals surface area (Å²) in [6.07, 6.45) is -2.06. The highest BCUT2D eigenvalue weighted by Gasteiger charge is 2.32. The summed E-state index contributed by atoms with van der Waals surface area (Å²) in [5.74, 6) is -3.06. The highest BCUT2D eigenvalue weighted by Crippen LogP contribution is 2.44. The van der Waals surface area contributed by atoms with Crippen LogP contribution in [0.25, 0.3) is 11.1 Å². The van der Waals surface area contributed by atoms with Crippen molar-refractivity contribution in [2.45, 2.75) is 37.5 Å². The number of ether oxygens (including phenoxy) is 1. The number of aliphatic hydroxyl groups is 1. The molecule has 0 saturated heterocycles. The summed E-state index contributed by atoms with van der Waals surface area (Å²) in [7, 11) is 0. The summed E-state index contributed by atoms with van der Waals surface area (Å²) in [6, 6.07) is 22.2. The number of fused-ring (bicyclic) bond motifs is 3. The molecule has 10 nitrogen and oxygen atoms in total. The highest BCUT2D eigenvalue weighted by atomic mass is 16.5. The molecular formula is C30H31N3O7. The summed E-state index contributed by atoms with van der Waals surface area (Å²) < 4.78 is 5.60. The van der Waals surface area contributed by atoms with Crippen LogP contribution in [-0.4, -0.2) is 65.4 Å². The lowest BCUT2D eigenvalue weighted by Gasteiger charge is -2.24. The standard InChI is InChI=1S/C30H31N3O7/c1-18(34)27(29(38)31-16-26(35)36)33-28(37)25(15-19-9-3-2-4-10-19)32-30(39)40-17-24-22-13-7-5-11-20(22)21-12-6-8-14-23(21)24/h2-14,18,24-25,27,34H,15-17H2,1H3,(H,31,38)(H,32,39)(H,33,37)(H,35,36)/t18-,25+,27+/m1/s1. The van der Waals surface area contributed by atoms with Crippen LogP contribution >= 0.6 is 0 Å². The van der Waals surface area contributed by atoms with E-state index >= 15 is 0 Å². The molecule has 208 valence electrons. The first kappa shape index (κ1) is 28.3. The number of carbonyl (C=O) groups excluding carboxylic acids is 3. The molecule has 5 N–H and O–H groups in total. The van der Waals surface area contributed by atoms with Crippen LogP contribution in [0.15, 0.2) is 78.9 Å². The molecule has 10 heteroatoms. The van der Waals surface area contributed by atoms with Gasteiger partial charge in [0, 0.05) is 12.3 Å². The fourth-order valence-electron chi connectivity index (χ4n) is 4.77. The van der Waals surface area contributed by atoms with E-state index in [1.165, 1.54) is 6.92 Å². The normalized spacial score (nSPS) is 14.2. The van der Waals surface area contributed by atoms with E-state index in [4.69, 9.17) is 9.84 Å². The SMILES string of the molecule is C[C@@H](O)[C@H](NC(=O)[C@H](Cc1ccccc1)NC(=O)OCC1c2ccccc2-c2ccccc21)C(=O)NCC(=O)O. The van der Waals surface area contributed by atoms with Crippen molar-refractivity contribution in [1.82, 2.24) is 16.0 Å². The van der Waals surface area contributed by atoms with Crippen molar-refractivity contribution in [1.29, 1.82) is 0 Å².